The fourth-order valence-electron chi connectivity index (χ4n) is 4.14. The molecule has 0 spiro atoms. The molecule has 0 aromatic heterocycles. The van der Waals surface area contributed by atoms with Gasteiger partial charge in [0.05, 0.1) is 6.10 Å². The van der Waals surface area contributed by atoms with Gasteiger partial charge in [0.25, 0.3) is 0 Å². The number of aryl methyl sites for hydroxylation is 1. The molecule has 2 unspecified atom stereocenters. The van der Waals surface area contributed by atoms with Crippen LogP contribution in [-0.4, -0.2) is 6.10 Å². The lowest BCUT2D eigenvalue weighted by Crippen LogP contribution is -2.08. The molecule has 25 heavy (non-hydrogen) atoms. The molecule has 0 radical (unpaired) electrons. The highest BCUT2D eigenvalue weighted by atomic mass is 16.6. The number of fused-ring (bicyclic) bond motifs is 3. The summed E-state index contributed by atoms with van der Waals surface area (Å²) >= 11 is 0. The molecule has 1 saturated heterocycles. The van der Waals surface area contributed by atoms with Crippen LogP contribution in [0.3, 0.4) is 0 Å². The third kappa shape index (κ3) is 3.01. The van der Waals surface area contributed by atoms with Crippen molar-refractivity contribution >= 4 is 0 Å². The summed E-state index contributed by atoms with van der Waals surface area (Å²) in [7, 11) is 0. The van der Waals surface area contributed by atoms with Crippen LogP contribution in [0.4, 0.5) is 0 Å². The fraction of sp³-hybridized carbons (Fsp3) is 0.250. The summed E-state index contributed by atoms with van der Waals surface area (Å²) in [6.45, 7) is 0. The van der Waals surface area contributed by atoms with E-state index in [0.29, 0.717) is 12.2 Å². The minimum Gasteiger partial charge on any atom is -0.364 e. The quantitative estimate of drug-likeness (QED) is 0.596. The molecule has 3 aromatic rings. The number of rotatable bonds is 4. The van der Waals surface area contributed by atoms with Gasteiger partial charge in [-0.3, -0.25) is 0 Å². The summed E-state index contributed by atoms with van der Waals surface area (Å²) in [6.07, 6.45) is 5.18. The summed E-state index contributed by atoms with van der Waals surface area (Å²) in [5.74, 6) is 0. The molecule has 2 aliphatic rings. The van der Waals surface area contributed by atoms with Crippen molar-refractivity contribution in [1.29, 1.82) is 0 Å². The van der Waals surface area contributed by atoms with E-state index in [0.717, 1.165) is 19.3 Å². The Kier molecular flexibility index (Phi) is 3.68. The third-order valence-corrected chi connectivity index (χ3v) is 5.52. The van der Waals surface area contributed by atoms with E-state index in [1.165, 1.54) is 39.8 Å². The zero-order valence-corrected chi connectivity index (χ0v) is 14.3. The second kappa shape index (κ2) is 6.16. The van der Waals surface area contributed by atoms with Crippen molar-refractivity contribution in [2.24, 2.45) is 0 Å². The van der Waals surface area contributed by atoms with Gasteiger partial charge >= 0.3 is 0 Å². The van der Waals surface area contributed by atoms with Crippen LogP contribution in [0.1, 0.15) is 45.9 Å². The maximum absolute atomic E-state index is 5.87. The Hall–Kier alpha value is -2.38. The first-order valence-corrected chi connectivity index (χ1v) is 9.25. The largest absolute Gasteiger partial charge is 0.364 e. The van der Waals surface area contributed by atoms with Crippen molar-refractivity contribution in [2.45, 2.75) is 37.9 Å². The number of hydrogen-bond donors (Lipinski definition) is 0. The second-order valence-electron chi connectivity index (χ2n) is 7.28. The summed E-state index contributed by atoms with van der Waals surface area (Å²) in [6, 6.07) is 26.5. The second-order valence-corrected chi connectivity index (χ2v) is 7.28. The Morgan fingerprint density at radius 3 is 2.00 bits per heavy atom. The highest BCUT2D eigenvalue weighted by molar-refractivity contribution is 5.46. The molecule has 0 amide bonds. The molecule has 0 saturated carbocycles. The smallest absolute Gasteiger partial charge is 0.109 e. The van der Waals surface area contributed by atoms with Crippen LogP contribution in [0.2, 0.25) is 0 Å². The first-order chi connectivity index (χ1) is 12.4. The first-order valence-electron chi connectivity index (χ1n) is 9.25. The van der Waals surface area contributed by atoms with Gasteiger partial charge in [-0.25, -0.2) is 0 Å². The molecule has 1 aliphatic heterocycles. The predicted octanol–water partition coefficient (Wildman–Crippen LogP) is 5.25. The zero-order chi connectivity index (χ0) is 16.6. The summed E-state index contributed by atoms with van der Waals surface area (Å²) in [5, 5.41) is 0. The number of hydrogen-bond acceptors (Lipinski definition) is 1. The van der Waals surface area contributed by atoms with Crippen molar-refractivity contribution in [3.63, 3.8) is 0 Å². The number of epoxide rings is 1. The Morgan fingerprint density at radius 1 is 0.760 bits per heavy atom. The molecule has 1 aliphatic carbocycles. The highest BCUT2D eigenvalue weighted by Gasteiger charge is 2.44. The van der Waals surface area contributed by atoms with Gasteiger partial charge in [-0.1, -0.05) is 72.8 Å². The Morgan fingerprint density at radius 2 is 1.36 bits per heavy atom. The van der Waals surface area contributed by atoms with Gasteiger partial charge in [0.2, 0.25) is 0 Å². The van der Waals surface area contributed by atoms with Gasteiger partial charge in [0, 0.05) is 0 Å². The molecule has 1 heteroatoms. The summed E-state index contributed by atoms with van der Waals surface area (Å²) in [5.41, 5.74) is 8.62. The van der Waals surface area contributed by atoms with Gasteiger partial charge < -0.3 is 4.74 Å². The van der Waals surface area contributed by atoms with Gasteiger partial charge in [0.1, 0.15) is 6.10 Å². The Labute approximate surface area is 149 Å². The SMILES string of the molecule is c1ccc(Cc2cc3c(cc2Cc2ccccc2)C2OC2CC3)cc1. The van der Waals surface area contributed by atoms with Crippen LogP contribution in [0, 0.1) is 0 Å². The highest BCUT2D eigenvalue weighted by Crippen LogP contribution is 2.47. The molecule has 0 N–H and O–H groups in total. The molecule has 124 valence electrons. The maximum Gasteiger partial charge on any atom is 0.109 e. The average molecular weight is 326 g/mol. The maximum atomic E-state index is 5.87. The van der Waals surface area contributed by atoms with Crippen LogP contribution < -0.4 is 0 Å². The summed E-state index contributed by atoms with van der Waals surface area (Å²) < 4.78 is 5.87. The minimum atomic E-state index is 0.365. The predicted molar refractivity (Wildman–Crippen MR) is 101 cm³/mol. The number of ether oxygens (including phenoxy) is 1. The normalized spacial score (nSPS) is 20.6. The lowest BCUT2D eigenvalue weighted by atomic mass is 9.85. The van der Waals surface area contributed by atoms with Crippen LogP contribution >= 0.6 is 0 Å². The van der Waals surface area contributed by atoms with E-state index in [1.54, 1.807) is 0 Å². The molecule has 0 bridgehead atoms. The monoisotopic (exact) mass is 326 g/mol. The summed E-state index contributed by atoms with van der Waals surface area (Å²) in [4.78, 5) is 0. The molecular weight excluding hydrogens is 304 g/mol. The van der Waals surface area contributed by atoms with E-state index < -0.39 is 0 Å². The van der Waals surface area contributed by atoms with Gasteiger partial charge in [0.15, 0.2) is 0 Å². The van der Waals surface area contributed by atoms with Gasteiger partial charge in [-0.2, -0.15) is 0 Å². The van der Waals surface area contributed by atoms with Crippen molar-refractivity contribution in [3.8, 4) is 0 Å². The number of benzene rings is 3. The minimum absolute atomic E-state index is 0.365. The van der Waals surface area contributed by atoms with Crippen LogP contribution in [-0.2, 0) is 24.0 Å². The Bertz CT molecular complexity index is 883. The lowest BCUT2D eigenvalue weighted by Gasteiger charge is -2.18. The van der Waals surface area contributed by atoms with Crippen LogP contribution in [0.15, 0.2) is 72.8 Å². The van der Waals surface area contributed by atoms with Crippen molar-refractivity contribution < 1.29 is 4.74 Å². The van der Waals surface area contributed by atoms with Crippen LogP contribution in [0.25, 0.3) is 0 Å². The standard InChI is InChI=1S/C24H22O/c1-3-7-17(8-4-1)13-20-15-19-11-12-23-24(25-23)22(19)16-21(20)14-18-9-5-2-6-10-18/h1-10,15-16,23-24H,11-14H2. The van der Waals surface area contributed by atoms with Gasteiger partial charge in [-0.05, 0) is 59.1 Å². The first kappa shape index (κ1) is 14.9. The Balaban J connectivity index is 1.55. The van der Waals surface area contributed by atoms with Crippen LogP contribution in [0.5, 0.6) is 0 Å². The van der Waals surface area contributed by atoms with E-state index in [2.05, 4.69) is 72.8 Å². The van der Waals surface area contributed by atoms with Gasteiger partial charge in [-0.15, -0.1) is 0 Å². The average Bonchev–Trinajstić information content (AvgIpc) is 3.44. The molecule has 3 aromatic carbocycles. The fourth-order valence-corrected chi connectivity index (χ4v) is 4.14. The van der Waals surface area contributed by atoms with E-state index in [-0.39, 0.29) is 0 Å². The molecule has 1 nitrogen and oxygen atoms in total. The topological polar surface area (TPSA) is 12.5 Å². The van der Waals surface area contributed by atoms with E-state index in [1.807, 2.05) is 0 Å². The van der Waals surface area contributed by atoms with E-state index in [4.69, 9.17) is 4.74 Å². The molecule has 2 atom stereocenters. The molecular formula is C24H22O. The van der Waals surface area contributed by atoms with Crippen molar-refractivity contribution in [3.05, 3.63) is 106 Å². The van der Waals surface area contributed by atoms with E-state index in [9.17, 15) is 0 Å². The van der Waals surface area contributed by atoms with Crippen molar-refractivity contribution in [2.75, 3.05) is 0 Å². The third-order valence-electron chi connectivity index (χ3n) is 5.52. The van der Waals surface area contributed by atoms with E-state index >= 15 is 0 Å². The molecule has 1 heterocycles. The molecule has 1 fully saturated rings. The lowest BCUT2D eigenvalue weighted by molar-refractivity contribution is 0.372. The van der Waals surface area contributed by atoms with Crippen molar-refractivity contribution in [1.82, 2.24) is 0 Å². The zero-order valence-electron chi connectivity index (χ0n) is 14.3. The molecule has 5 rings (SSSR count).